The van der Waals surface area contributed by atoms with Crippen LogP contribution in [-0.2, 0) is 52.3 Å². The number of carbonyl (C=O) groups is 4. The quantitative estimate of drug-likeness (QED) is 0.0260. The maximum Gasteiger partial charge on any atom is 0.220 e. The van der Waals surface area contributed by atoms with Crippen LogP contribution in [0.25, 0.3) is 0 Å². The Hall–Kier alpha value is -3.06. The fourth-order valence-electron chi connectivity index (χ4n) is 9.55. The number of rotatable bonds is 29. The van der Waals surface area contributed by atoms with E-state index in [4.69, 9.17) is 33.2 Å². The first-order chi connectivity index (χ1) is 34.9. The number of aliphatic hydroxyl groups is 10. The highest BCUT2D eigenvalue weighted by molar-refractivity contribution is 5.76. The molecule has 4 aliphatic rings. The van der Waals surface area contributed by atoms with Crippen molar-refractivity contribution in [2.24, 2.45) is 0 Å². The predicted octanol–water partition coefficient (Wildman–Crippen LogP) is -3.16. The van der Waals surface area contributed by atoms with Crippen LogP contribution in [0.5, 0.6) is 0 Å². The van der Waals surface area contributed by atoms with Crippen molar-refractivity contribution in [1.82, 2.24) is 21.3 Å². The van der Waals surface area contributed by atoms with Crippen LogP contribution >= 0.6 is 0 Å². The third-order valence-electron chi connectivity index (χ3n) is 13.4. The number of hydrogen-bond donors (Lipinski definition) is 14. The van der Waals surface area contributed by atoms with Gasteiger partial charge in [0.05, 0.1) is 26.4 Å². The molecule has 4 amide bonds. The fraction of sp³-hybridized carbons (Fsp3) is 0.875. The molecule has 4 saturated heterocycles. The molecule has 4 rings (SSSR count). The summed E-state index contributed by atoms with van der Waals surface area (Å²) in [6.45, 7) is 2.04. The summed E-state index contributed by atoms with van der Waals surface area (Å²) >= 11 is 0. The van der Waals surface area contributed by atoms with Crippen LogP contribution in [0.15, 0.2) is 12.2 Å². The summed E-state index contributed by atoms with van der Waals surface area (Å²) in [6.07, 6.45) is -8.64. The van der Waals surface area contributed by atoms with Gasteiger partial charge in [0, 0.05) is 27.2 Å². The molecule has 4 fully saturated rings. The molecular formula is C48H84N4O21. The maximum atomic E-state index is 13.3. The zero-order valence-electron chi connectivity index (χ0n) is 42.4. The molecule has 0 saturated carbocycles. The zero-order chi connectivity index (χ0) is 53.8. The summed E-state index contributed by atoms with van der Waals surface area (Å²) in [5.74, 6) is -2.66. The van der Waals surface area contributed by atoms with Crippen LogP contribution in [0.2, 0.25) is 0 Å². The number of nitrogens with one attached hydrogen (secondary N) is 4. The van der Waals surface area contributed by atoms with Crippen LogP contribution in [-0.4, -0.2) is 224 Å². The molecule has 14 N–H and O–H groups in total. The number of hydrogen-bond acceptors (Lipinski definition) is 21. The van der Waals surface area contributed by atoms with E-state index >= 15 is 0 Å². The molecule has 0 aromatic heterocycles. The molecule has 5 unspecified atom stereocenters. The largest absolute Gasteiger partial charge is 0.394 e. The van der Waals surface area contributed by atoms with E-state index in [1.807, 2.05) is 0 Å². The van der Waals surface area contributed by atoms with E-state index in [2.05, 4.69) is 40.3 Å². The highest BCUT2D eigenvalue weighted by Gasteiger charge is 2.56. The van der Waals surface area contributed by atoms with Gasteiger partial charge in [-0.25, -0.2) is 0 Å². The first kappa shape index (κ1) is 62.5. The molecular weight excluding hydrogens is 969 g/mol. The molecule has 20 atom stereocenters. The summed E-state index contributed by atoms with van der Waals surface area (Å²) in [4.78, 5) is 50.3. The Morgan fingerprint density at radius 1 is 0.438 bits per heavy atom. The summed E-state index contributed by atoms with van der Waals surface area (Å²) in [5, 5.41) is 119. The lowest BCUT2D eigenvalue weighted by atomic mass is 9.93. The molecule has 0 aromatic rings. The molecule has 0 aliphatic carbocycles. The van der Waals surface area contributed by atoms with E-state index in [0.29, 0.717) is 6.42 Å². The van der Waals surface area contributed by atoms with Crippen molar-refractivity contribution in [2.75, 3.05) is 26.4 Å². The van der Waals surface area contributed by atoms with Gasteiger partial charge in [-0.15, -0.1) is 0 Å². The number of allylic oxidation sites excluding steroid dienone is 2. The SMILES string of the molecule is CCCCCCCC/C=C\CCCCCCCC(=O)N[C@@H]1C(O)[C@H](O)[C@@H](CO)O[C@H]1O[C@H]1C(O)[C@@H](NC(C)=O)[C@H](O[C@H]2C(O)[C@H](NC(C)=O)[C@H](O[C@H]3C(O)[C@@H](NC(C)=O)C(O)O[C@@H]3CO)O[C@@H]2CO)O[C@@H]1CO. The molecule has 422 valence electrons. The van der Waals surface area contributed by atoms with Gasteiger partial charge in [0.2, 0.25) is 23.6 Å². The van der Waals surface area contributed by atoms with E-state index < -0.39 is 173 Å². The van der Waals surface area contributed by atoms with Gasteiger partial charge in [0.25, 0.3) is 0 Å². The van der Waals surface area contributed by atoms with Gasteiger partial charge in [-0.05, 0) is 32.1 Å². The summed E-state index contributed by atoms with van der Waals surface area (Å²) in [5.41, 5.74) is 0. The third kappa shape index (κ3) is 18.3. The first-order valence-corrected chi connectivity index (χ1v) is 25.8. The second kappa shape index (κ2) is 31.9. The Bertz CT molecular complexity index is 1690. The van der Waals surface area contributed by atoms with Crippen LogP contribution < -0.4 is 21.3 Å². The predicted molar refractivity (Wildman–Crippen MR) is 254 cm³/mol. The summed E-state index contributed by atoms with van der Waals surface area (Å²) in [7, 11) is 0. The van der Waals surface area contributed by atoms with Crippen LogP contribution in [0.4, 0.5) is 0 Å². The highest BCUT2D eigenvalue weighted by atomic mass is 16.8. The standard InChI is InChI=1S/C48H84N4O21/c1-5-6-7-8-9-10-11-12-13-14-15-16-17-18-19-20-32(60)52-34-38(62)37(61)28(21-53)68-46(34)72-43-30(23-55)70-48(36(40(43)64)51-27(4)59)73-44-31(24-56)69-47(35(41(44)65)50-26(3)58)71-42-29(22-54)67-45(66)33(39(42)63)49-25(2)57/h12-13,28-31,33-48,53-56,61-66H,5-11,14-24H2,1-4H3,(H,49,57)(H,50,58)(H,51,59)(H,52,60)/b13-12-/t28-,29-,30-,31-,33-,34-,35+,36-,37-,38?,39?,40?,41?,42-,43-,44-,45?,46+,47+,48+/m1/s1. The lowest BCUT2D eigenvalue weighted by Gasteiger charge is -2.51. The molecule has 0 radical (unpaired) electrons. The van der Waals surface area contributed by atoms with Gasteiger partial charge in [0.15, 0.2) is 25.2 Å². The molecule has 4 heterocycles. The van der Waals surface area contributed by atoms with Crippen LogP contribution in [0.3, 0.4) is 0 Å². The van der Waals surface area contributed by atoms with Gasteiger partial charge in [-0.2, -0.15) is 0 Å². The minimum atomic E-state index is -1.90. The van der Waals surface area contributed by atoms with Gasteiger partial charge in [0.1, 0.15) is 97.4 Å². The molecule has 25 nitrogen and oxygen atoms in total. The minimum absolute atomic E-state index is 0.0518. The van der Waals surface area contributed by atoms with Crippen LogP contribution in [0.1, 0.15) is 118 Å². The fourth-order valence-corrected chi connectivity index (χ4v) is 9.55. The van der Waals surface area contributed by atoms with E-state index in [-0.39, 0.29) is 6.42 Å². The zero-order valence-corrected chi connectivity index (χ0v) is 42.4. The van der Waals surface area contributed by atoms with Crippen molar-refractivity contribution < 1.29 is 103 Å². The molecule has 4 aliphatic heterocycles. The van der Waals surface area contributed by atoms with E-state index in [0.717, 1.165) is 59.3 Å². The Morgan fingerprint density at radius 3 is 1.22 bits per heavy atom. The molecule has 0 bridgehead atoms. The topological polar surface area (TPSA) is 383 Å². The maximum absolute atomic E-state index is 13.3. The number of aliphatic hydroxyl groups excluding tert-OH is 10. The van der Waals surface area contributed by atoms with Gasteiger partial charge in [-0.3, -0.25) is 19.2 Å². The normalized spacial score (nSPS) is 36.9. The van der Waals surface area contributed by atoms with Crippen LogP contribution in [0, 0.1) is 0 Å². The van der Waals surface area contributed by atoms with Crippen molar-refractivity contribution in [2.45, 2.75) is 240 Å². The number of ether oxygens (including phenoxy) is 7. The average Bonchev–Trinajstić information content (AvgIpc) is 3.35. The average molecular weight is 1050 g/mol. The summed E-state index contributed by atoms with van der Waals surface area (Å²) < 4.78 is 41.4. The van der Waals surface area contributed by atoms with Crippen molar-refractivity contribution in [1.29, 1.82) is 0 Å². The first-order valence-electron chi connectivity index (χ1n) is 25.8. The van der Waals surface area contributed by atoms with E-state index in [1.54, 1.807) is 0 Å². The van der Waals surface area contributed by atoms with Gasteiger partial charge >= 0.3 is 0 Å². The Kier molecular flexibility index (Phi) is 27.3. The van der Waals surface area contributed by atoms with Crippen molar-refractivity contribution in [3.8, 4) is 0 Å². The number of unbranched alkanes of at least 4 members (excludes halogenated alkanes) is 11. The molecule has 0 aromatic carbocycles. The lowest BCUT2D eigenvalue weighted by molar-refractivity contribution is -0.362. The van der Waals surface area contributed by atoms with E-state index in [1.165, 1.54) is 38.5 Å². The van der Waals surface area contributed by atoms with Gasteiger partial charge in [-0.1, -0.05) is 70.4 Å². The molecule has 73 heavy (non-hydrogen) atoms. The Balaban J connectivity index is 1.44. The third-order valence-corrected chi connectivity index (χ3v) is 13.4. The smallest absolute Gasteiger partial charge is 0.220 e. The lowest BCUT2D eigenvalue weighted by Crippen LogP contribution is -2.71. The number of carbonyl (C=O) groups excluding carboxylic acids is 4. The molecule has 0 spiro atoms. The monoisotopic (exact) mass is 1050 g/mol. The highest BCUT2D eigenvalue weighted by Crippen LogP contribution is 2.34. The van der Waals surface area contributed by atoms with Crippen molar-refractivity contribution >= 4 is 23.6 Å². The summed E-state index contributed by atoms with van der Waals surface area (Å²) in [6, 6.07) is -6.17. The second-order valence-electron chi connectivity index (χ2n) is 19.3. The Labute approximate surface area is 426 Å². The number of amides is 4. The van der Waals surface area contributed by atoms with Crippen molar-refractivity contribution in [3.05, 3.63) is 12.2 Å². The molecule has 25 heteroatoms. The minimum Gasteiger partial charge on any atom is -0.394 e. The second-order valence-corrected chi connectivity index (χ2v) is 19.3. The Morgan fingerprint density at radius 2 is 0.795 bits per heavy atom. The van der Waals surface area contributed by atoms with E-state index in [9.17, 15) is 70.2 Å². The van der Waals surface area contributed by atoms with Crippen molar-refractivity contribution in [3.63, 3.8) is 0 Å². The van der Waals surface area contributed by atoms with Gasteiger partial charge < -0.3 is 105 Å².